The Morgan fingerprint density at radius 1 is 1.27 bits per heavy atom. The van der Waals surface area contributed by atoms with Crippen LogP contribution in [-0.2, 0) is 26.4 Å². The van der Waals surface area contributed by atoms with Gasteiger partial charge in [-0.15, -0.1) is 0 Å². The second-order valence-electron chi connectivity index (χ2n) is 9.58. The zero-order valence-electron chi connectivity index (χ0n) is 22.6. The molecular formula is C26H28IN9O5. The van der Waals surface area contributed by atoms with Gasteiger partial charge in [0, 0.05) is 31.8 Å². The maximum atomic E-state index is 12.2. The number of nitriles is 1. The summed E-state index contributed by atoms with van der Waals surface area (Å²) in [6, 6.07) is 7.20. The van der Waals surface area contributed by atoms with E-state index in [1.165, 1.54) is 18.5 Å². The number of amidine groups is 1. The van der Waals surface area contributed by atoms with Crippen LogP contribution >= 0.6 is 22.6 Å². The number of aliphatic imine (C=N–C) groups is 1. The van der Waals surface area contributed by atoms with E-state index in [1.54, 1.807) is 13.1 Å². The van der Waals surface area contributed by atoms with Crippen molar-refractivity contribution in [1.29, 1.82) is 5.26 Å². The fraction of sp³-hybridized carbons (Fsp3) is 0.385. The van der Waals surface area contributed by atoms with Crippen molar-refractivity contribution in [2.45, 2.75) is 38.5 Å². The number of pyridine rings is 2. The maximum absolute atomic E-state index is 12.2. The largest absolute Gasteiger partial charge is 0.454 e. The molecule has 0 aromatic carbocycles. The van der Waals surface area contributed by atoms with Crippen LogP contribution in [0.3, 0.4) is 0 Å². The first kappa shape index (κ1) is 28.5. The Hall–Kier alpha value is -4.01. The van der Waals surface area contributed by atoms with E-state index in [-0.39, 0.29) is 29.1 Å². The third-order valence-electron chi connectivity index (χ3n) is 6.33. The minimum atomic E-state index is -0.639. The normalized spacial score (nSPS) is 17.7. The van der Waals surface area contributed by atoms with Gasteiger partial charge >= 0.3 is 6.09 Å². The number of carbonyl (C=O) groups excluding carboxylic acids is 1. The number of anilines is 3. The van der Waals surface area contributed by atoms with Crippen molar-refractivity contribution in [3.8, 4) is 17.6 Å². The van der Waals surface area contributed by atoms with Gasteiger partial charge in [0.05, 0.1) is 38.3 Å². The minimum Gasteiger partial charge on any atom is -0.454 e. The Morgan fingerprint density at radius 2 is 2.12 bits per heavy atom. The number of rotatable bonds is 7. The standard InChI is InChI=1S/C26H28IN9O5/c1-26(2)19-11-21(35-36(19)7-9-39-26)32-24(27)34-23-22(29-3)17(12-28)18(13-31-23)40-15-4-6-30-20(10-15)33-25(37)41-16-5-8-38-14-16/h4,6,10-11,13,16,29H,5,7-9,14H2,1-3H3,(H,30,33,37)(H,31,32,34,35). The third-order valence-corrected chi connectivity index (χ3v) is 6.85. The van der Waals surface area contributed by atoms with Gasteiger partial charge in [-0.25, -0.2) is 19.8 Å². The lowest BCUT2D eigenvalue weighted by atomic mass is 10.0. The van der Waals surface area contributed by atoms with Crippen molar-refractivity contribution < 1.29 is 23.7 Å². The predicted molar refractivity (Wildman–Crippen MR) is 158 cm³/mol. The van der Waals surface area contributed by atoms with E-state index in [1.807, 2.05) is 47.2 Å². The molecule has 41 heavy (non-hydrogen) atoms. The van der Waals surface area contributed by atoms with Gasteiger partial charge in [-0.3, -0.25) is 10.00 Å². The van der Waals surface area contributed by atoms with E-state index in [0.29, 0.717) is 53.9 Å². The highest BCUT2D eigenvalue weighted by Gasteiger charge is 2.30. The van der Waals surface area contributed by atoms with Crippen LogP contribution in [0.2, 0.25) is 0 Å². The average Bonchev–Trinajstić information content (AvgIpc) is 3.59. The SMILES string of the molecule is CNc1c(/N=C(\I)Nc2cc3n(n2)CCOC3(C)C)ncc(Oc2ccnc(NC(=O)OC3CCOC3)c2)c1C#N. The fourth-order valence-corrected chi connectivity index (χ4v) is 4.88. The van der Waals surface area contributed by atoms with E-state index in [2.05, 4.69) is 42.1 Å². The second-order valence-corrected chi connectivity index (χ2v) is 10.6. The van der Waals surface area contributed by atoms with Crippen LogP contribution in [0.5, 0.6) is 11.5 Å². The molecule has 1 unspecified atom stereocenters. The summed E-state index contributed by atoms with van der Waals surface area (Å²) in [6.07, 6.45) is 2.61. The summed E-state index contributed by atoms with van der Waals surface area (Å²) in [6.45, 7) is 6.19. The molecule has 0 radical (unpaired) electrons. The molecule has 5 heterocycles. The Bertz CT molecular complexity index is 1510. The molecule has 3 aromatic heterocycles. The van der Waals surface area contributed by atoms with Crippen LogP contribution in [0.1, 0.15) is 31.5 Å². The van der Waals surface area contributed by atoms with Crippen molar-refractivity contribution in [1.82, 2.24) is 19.7 Å². The number of halogens is 1. The summed E-state index contributed by atoms with van der Waals surface area (Å²) in [5.41, 5.74) is 1.11. The lowest BCUT2D eigenvalue weighted by molar-refractivity contribution is -0.0532. The Balaban J connectivity index is 1.31. The molecular weight excluding hydrogens is 645 g/mol. The molecule has 5 rings (SSSR count). The van der Waals surface area contributed by atoms with Crippen LogP contribution in [0.4, 0.5) is 27.9 Å². The second kappa shape index (κ2) is 12.2. The first-order chi connectivity index (χ1) is 19.8. The molecule has 1 amide bonds. The molecule has 3 aromatic rings. The minimum absolute atomic E-state index is 0.200. The highest BCUT2D eigenvalue weighted by Crippen LogP contribution is 2.36. The number of amides is 1. The Labute approximate surface area is 249 Å². The number of fused-ring (bicyclic) bond motifs is 1. The molecule has 1 atom stereocenters. The van der Waals surface area contributed by atoms with Gasteiger partial charge in [-0.2, -0.15) is 10.4 Å². The molecule has 15 heteroatoms. The predicted octanol–water partition coefficient (Wildman–Crippen LogP) is 4.52. The maximum Gasteiger partial charge on any atom is 0.413 e. The third kappa shape index (κ3) is 6.66. The molecule has 0 aliphatic carbocycles. The molecule has 14 nitrogen and oxygen atoms in total. The number of hydrogen-bond donors (Lipinski definition) is 3. The van der Waals surface area contributed by atoms with Crippen molar-refractivity contribution in [3.05, 3.63) is 41.9 Å². The van der Waals surface area contributed by atoms with Crippen molar-refractivity contribution in [3.63, 3.8) is 0 Å². The van der Waals surface area contributed by atoms with Crippen molar-refractivity contribution >= 4 is 55.7 Å². The zero-order chi connectivity index (χ0) is 29.0. The van der Waals surface area contributed by atoms with Gasteiger partial charge < -0.3 is 29.6 Å². The quantitative estimate of drug-likeness (QED) is 0.140. The average molecular weight is 673 g/mol. The lowest BCUT2D eigenvalue weighted by Gasteiger charge is -2.30. The molecule has 2 aliphatic heterocycles. The van der Waals surface area contributed by atoms with Gasteiger partial charge in [0.25, 0.3) is 0 Å². The number of hydrogen-bond acceptors (Lipinski definition) is 11. The highest BCUT2D eigenvalue weighted by atomic mass is 127. The van der Waals surface area contributed by atoms with E-state index in [4.69, 9.17) is 18.9 Å². The van der Waals surface area contributed by atoms with Crippen LogP contribution in [-0.4, -0.2) is 62.7 Å². The molecule has 1 saturated heterocycles. The van der Waals surface area contributed by atoms with Gasteiger partial charge in [0.2, 0.25) is 0 Å². The molecule has 0 saturated carbocycles. The molecule has 214 valence electrons. The van der Waals surface area contributed by atoms with Crippen molar-refractivity contribution in [2.75, 3.05) is 42.8 Å². The summed E-state index contributed by atoms with van der Waals surface area (Å²) in [7, 11) is 1.67. The monoisotopic (exact) mass is 673 g/mol. The molecule has 3 N–H and O–H groups in total. The van der Waals surface area contributed by atoms with Crippen LogP contribution in [0.15, 0.2) is 35.6 Å². The first-order valence-corrected chi connectivity index (χ1v) is 13.9. The van der Waals surface area contributed by atoms with Crippen LogP contribution in [0, 0.1) is 11.3 Å². The highest BCUT2D eigenvalue weighted by molar-refractivity contribution is 14.1. The molecule has 0 bridgehead atoms. The first-order valence-electron chi connectivity index (χ1n) is 12.8. The number of aromatic nitrogens is 4. The van der Waals surface area contributed by atoms with E-state index in [9.17, 15) is 10.1 Å². The van der Waals surface area contributed by atoms with E-state index >= 15 is 0 Å². The molecule has 2 aliphatic rings. The molecule has 1 fully saturated rings. The van der Waals surface area contributed by atoms with Gasteiger partial charge in [0.1, 0.15) is 40.6 Å². The van der Waals surface area contributed by atoms with E-state index in [0.717, 1.165) is 5.69 Å². The number of nitrogens with zero attached hydrogens (tertiary/aromatic N) is 6. The summed E-state index contributed by atoms with van der Waals surface area (Å²) in [5, 5.41) is 23.3. The number of nitrogens with one attached hydrogen (secondary N) is 3. The lowest BCUT2D eigenvalue weighted by Crippen LogP contribution is -2.33. The van der Waals surface area contributed by atoms with Gasteiger partial charge in [0.15, 0.2) is 21.2 Å². The summed E-state index contributed by atoms with van der Waals surface area (Å²) < 4.78 is 24.7. The van der Waals surface area contributed by atoms with E-state index < -0.39 is 11.7 Å². The smallest absolute Gasteiger partial charge is 0.413 e. The molecule has 0 spiro atoms. The Morgan fingerprint density at radius 3 is 2.85 bits per heavy atom. The summed E-state index contributed by atoms with van der Waals surface area (Å²) in [5.74, 6) is 1.68. The van der Waals surface area contributed by atoms with Gasteiger partial charge in [-0.1, -0.05) is 0 Å². The summed E-state index contributed by atoms with van der Waals surface area (Å²) in [4.78, 5) is 25.3. The number of carbonyl (C=O) groups is 1. The van der Waals surface area contributed by atoms with Crippen molar-refractivity contribution in [2.24, 2.45) is 4.99 Å². The fourth-order valence-electron chi connectivity index (χ4n) is 4.38. The Kier molecular flexibility index (Phi) is 8.52. The zero-order valence-corrected chi connectivity index (χ0v) is 24.8. The van der Waals surface area contributed by atoms with Gasteiger partial charge in [-0.05, 0) is 42.5 Å². The van der Waals surface area contributed by atoms with Crippen LogP contribution in [0.25, 0.3) is 0 Å². The summed E-state index contributed by atoms with van der Waals surface area (Å²) >= 11 is 2.05. The van der Waals surface area contributed by atoms with Crippen LogP contribution < -0.4 is 20.7 Å². The number of ether oxygens (including phenoxy) is 4. The topological polar surface area (TPSA) is 170 Å².